The van der Waals surface area contributed by atoms with Gasteiger partial charge in [0.25, 0.3) is 10.2 Å². The summed E-state index contributed by atoms with van der Waals surface area (Å²) in [4.78, 5) is 7.95. The third-order valence-electron chi connectivity index (χ3n) is 4.41. The molecule has 2 N–H and O–H groups in total. The molecular formula is C20H20ClFN4O3S. The fourth-order valence-corrected chi connectivity index (χ4v) is 3.45. The van der Waals surface area contributed by atoms with Crippen LogP contribution in [0.1, 0.15) is 22.3 Å². The standard InChI is InChI=1S/C20H20ClFN4O3S/c1-13-16(9-15-6-7-25-20(19(15)22)26-30(27,28)23-2)10-24-11-18(13)29-12-14-4-3-5-17(21)8-14/h3-8,10-11,23H,9,12H2,1-2H3,(H,25,26). The molecule has 0 saturated heterocycles. The summed E-state index contributed by atoms with van der Waals surface area (Å²) in [6, 6.07) is 8.83. The maximum atomic E-state index is 14.8. The number of pyridine rings is 2. The van der Waals surface area contributed by atoms with Crippen molar-refractivity contribution >= 4 is 27.6 Å². The maximum absolute atomic E-state index is 14.8. The van der Waals surface area contributed by atoms with Crippen LogP contribution < -0.4 is 14.2 Å². The van der Waals surface area contributed by atoms with Crippen molar-refractivity contribution in [2.75, 3.05) is 11.8 Å². The van der Waals surface area contributed by atoms with Gasteiger partial charge in [-0.25, -0.2) is 14.1 Å². The lowest BCUT2D eigenvalue weighted by Gasteiger charge is -2.14. The highest BCUT2D eigenvalue weighted by atomic mass is 35.5. The summed E-state index contributed by atoms with van der Waals surface area (Å²) >= 11 is 6.00. The monoisotopic (exact) mass is 450 g/mol. The minimum absolute atomic E-state index is 0.190. The van der Waals surface area contributed by atoms with Crippen LogP contribution in [-0.4, -0.2) is 25.4 Å². The summed E-state index contributed by atoms with van der Waals surface area (Å²) in [5, 5.41) is 0.623. The zero-order chi connectivity index (χ0) is 21.7. The topological polar surface area (TPSA) is 93.2 Å². The molecule has 0 aliphatic carbocycles. The fourth-order valence-electron chi connectivity index (χ4n) is 2.73. The Labute approximate surface area is 179 Å². The third-order valence-corrected chi connectivity index (χ3v) is 5.64. The molecule has 7 nitrogen and oxygen atoms in total. The minimum atomic E-state index is -3.88. The molecule has 0 amide bonds. The molecule has 30 heavy (non-hydrogen) atoms. The van der Waals surface area contributed by atoms with Crippen LogP contribution in [0.5, 0.6) is 5.75 Å². The number of ether oxygens (including phenoxy) is 1. The van der Waals surface area contributed by atoms with Crippen LogP contribution in [0.2, 0.25) is 5.02 Å². The molecule has 0 aliphatic heterocycles. The van der Waals surface area contributed by atoms with Crippen LogP contribution in [0.15, 0.2) is 48.9 Å². The van der Waals surface area contributed by atoms with E-state index in [9.17, 15) is 12.8 Å². The van der Waals surface area contributed by atoms with E-state index in [0.717, 1.165) is 16.7 Å². The predicted octanol–water partition coefficient (Wildman–Crippen LogP) is 3.62. The first-order chi connectivity index (χ1) is 14.3. The molecule has 0 bridgehead atoms. The number of hydrogen-bond acceptors (Lipinski definition) is 5. The van der Waals surface area contributed by atoms with E-state index in [1.807, 2.05) is 25.1 Å². The number of anilines is 1. The van der Waals surface area contributed by atoms with Crippen molar-refractivity contribution in [1.29, 1.82) is 0 Å². The quantitative estimate of drug-likeness (QED) is 0.546. The van der Waals surface area contributed by atoms with Crippen LogP contribution in [0, 0.1) is 12.7 Å². The van der Waals surface area contributed by atoms with E-state index in [-0.39, 0.29) is 17.8 Å². The summed E-state index contributed by atoms with van der Waals surface area (Å²) in [7, 11) is -2.66. The van der Waals surface area contributed by atoms with Crippen LogP contribution >= 0.6 is 11.6 Å². The van der Waals surface area contributed by atoms with Gasteiger partial charge in [-0.3, -0.25) is 9.71 Å². The van der Waals surface area contributed by atoms with Crippen LogP contribution in [-0.2, 0) is 23.2 Å². The average molecular weight is 451 g/mol. The molecule has 0 aliphatic rings. The first-order valence-corrected chi connectivity index (χ1v) is 10.8. The molecule has 0 spiro atoms. The Morgan fingerprint density at radius 3 is 2.73 bits per heavy atom. The van der Waals surface area contributed by atoms with E-state index in [2.05, 4.69) is 19.4 Å². The molecule has 3 rings (SSSR count). The van der Waals surface area contributed by atoms with Gasteiger partial charge >= 0.3 is 0 Å². The molecule has 2 aromatic heterocycles. The summed E-state index contributed by atoms with van der Waals surface area (Å²) in [5.41, 5.74) is 2.73. The van der Waals surface area contributed by atoms with Crippen molar-refractivity contribution < 1.29 is 17.5 Å². The molecule has 3 aromatic rings. The summed E-state index contributed by atoms with van der Waals surface area (Å²) in [6.45, 7) is 2.17. The second kappa shape index (κ2) is 9.38. The number of nitrogens with one attached hydrogen (secondary N) is 2. The Morgan fingerprint density at radius 1 is 1.20 bits per heavy atom. The van der Waals surface area contributed by atoms with Gasteiger partial charge in [-0.2, -0.15) is 8.42 Å². The average Bonchev–Trinajstić information content (AvgIpc) is 2.71. The molecule has 0 radical (unpaired) electrons. The number of rotatable bonds is 8. The maximum Gasteiger partial charge on any atom is 0.300 e. The van der Waals surface area contributed by atoms with Crippen molar-refractivity contribution in [2.45, 2.75) is 20.0 Å². The molecule has 10 heteroatoms. The number of aromatic nitrogens is 2. The first kappa shape index (κ1) is 21.9. The number of halogens is 2. The van der Waals surface area contributed by atoms with E-state index in [1.165, 1.54) is 19.3 Å². The Morgan fingerprint density at radius 2 is 2.00 bits per heavy atom. The van der Waals surface area contributed by atoms with Gasteiger partial charge < -0.3 is 4.74 Å². The molecule has 158 valence electrons. The summed E-state index contributed by atoms with van der Waals surface area (Å²) in [6.07, 6.45) is 4.75. The smallest absolute Gasteiger partial charge is 0.300 e. The molecule has 0 atom stereocenters. The van der Waals surface area contributed by atoms with Crippen molar-refractivity contribution in [2.24, 2.45) is 0 Å². The van der Waals surface area contributed by atoms with Gasteiger partial charge in [0.05, 0.1) is 6.20 Å². The molecule has 1 aromatic carbocycles. The first-order valence-electron chi connectivity index (χ1n) is 8.94. The number of benzene rings is 1. The van der Waals surface area contributed by atoms with Crippen molar-refractivity contribution in [3.63, 3.8) is 0 Å². The summed E-state index contributed by atoms with van der Waals surface area (Å²) in [5.74, 6) is -0.556. The lowest BCUT2D eigenvalue weighted by atomic mass is 10.0. The van der Waals surface area contributed by atoms with Gasteiger partial charge in [0, 0.05) is 30.9 Å². The van der Waals surface area contributed by atoms with Gasteiger partial charge in [-0.15, -0.1) is 0 Å². The lowest BCUT2D eigenvalue weighted by Crippen LogP contribution is -2.27. The van der Waals surface area contributed by atoms with Crippen LogP contribution in [0.3, 0.4) is 0 Å². The second-order valence-electron chi connectivity index (χ2n) is 6.46. The van der Waals surface area contributed by atoms with Gasteiger partial charge in [-0.05, 0) is 47.4 Å². The number of hydrogen-bond donors (Lipinski definition) is 2. The molecule has 0 unspecified atom stereocenters. The van der Waals surface area contributed by atoms with Gasteiger partial charge in [0.2, 0.25) is 0 Å². The normalized spacial score (nSPS) is 11.3. The van der Waals surface area contributed by atoms with E-state index < -0.39 is 16.0 Å². The Bertz CT molecular complexity index is 1160. The Kier molecular flexibility index (Phi) is 6.86. The van der Waals surface area contributed by atoms with E-state index in [1.54, 1.807) is 18.5 Å². The van der Waals surface area contributed by atoms with Crippen molar-refractivity contribution in [3.05, 3.63) is 82.0 Å². The lowest BCUT2D eigenvalue weighted by molar-refractivity contribution is 0.302. The number of nitrogens with zero attached hydrogens (tertiary/aromatic N) is 2. The summed E-state index contributed by atoms with van der Waals surface area (Å²) < 4.78 is 48.0. The molecule has 2 heterocycles. The van der Waals surface area contributed by atoms with Gasteiger partial charge in [0.1, 0.15) is 12.4 Å². The van der Waals surface area contributed by atoms with E-state index in [4.69, 9.17) is 16.3 Å². The highest BCUT2D eigenvalue weighted by molar-refractivity contribution is 7.90. The van der Waals surface area contributed by atoms with Crippen LogP contribution in [0.4, 0.5) is 10.2 Å². The van der Waals surface area contributed by atoms with Crippen LogP contribution in [0.25, 0.3) is 0 Å². The van der Waals surface area contributed by atoms with Gasteiger partial charge in [0.15, 0.2) is 11.6 Å². The van der Waals surface area contributed by atoms with Crippen molar-refractivity contribution in [1.82, 2.24) is 14.7 Å². The SMILES string of the molecule is CNS(=O)(=O)Nc1nccc(Cc2cncc(OCc3cccc(Cl)c3)c2C)c1F. The molecule has 0 fully saturated rings. The Balaban J connectivity index is 1.80. The van der Waals surface area contributed by atoms with E-state index in [0.29, 0.717) is 17.4 Å². The highest BCUT2D eigenvalue weighted by Gasteiger charge is 2.16. The van der Waals surface area contributed by atoms with Crippen molar-refractivity contribution in [3.8, 4) is 5.75 Å². The second-order valence-corrected chi connectivity index (χ2v) is 8.52. The van der Waals surface area contributed by atoms with E-state index >= 15 is 0 Å². The third kappa shape index (κ3) is 5.44. The molecule has 0 saturated carbocycles. The minimum Gasteiger partial charge on any atom is -0.487 e. The highest BCUT2D eigenvalue weighted by Crippen LogP contribution is 2.25. The predicted molar refractivity (Wildman–Crippen MR) is 113 cm³/mol. The largest absolute Gasteiger partial charge is 0.487 e. The Hall–Kier alpha value is -2.75. The zero-order valence-electron chi connectivity index (χ0n) is 16.3. The fraction of sp³-hybridized carbons (Fsp3) is 0.200. The van der Waals surface area contributed by atoms with Gasteiger partial charge in [-0.1, -0.05) is 23.7 Å². The zero-order valence-corrected chi connectivity index (χ0v) is 17.9. The molecular weight excluding hydrogens is 431 g/mol.